The fourth-order valence-electron chi connectivity index (χ4n) is 4.60. The number of hydrogen-bond acceptors (Lipinski definition) is 2. The molecular weight excluding hydrogens is 386 g/mol. The molecule has 1 amide bonds. The predicted molar refractivity (Wildman–Crippen MR) is 121 cm³/mol. The van der Waals surface area contributed by atoms with Gasteiger partial charge in [0.2, 0.25) is 5.91 Å². The SMILES string of the molecule is O=C(Cc1ccc2ccccc2c1)N[C@H](C(=O)O)C1c2ccccc2-c2ccccc21. The standard InChI is InChI=1S/C27H21NO3/c29-24(16-17-13-14-18-7-1-2-8-19(18)15-17)28-26(27(30)31)25-22-11-5-3-9-20(22)21-10-4-6-12-23(21)25/h1-15,25-26H,16H2,(H,28,29)(H,30,31)/t26-/m0/s1. The van der Waals surface area contributed by atoms with Gasteiger partial charge in [-0.1, -0.05) is 91.0 Å². The van der Waals surface area contributed by atoms with E-state index in [2.05, 4.69) is 5.32 Å². The number of carboxylic acids is 1. The molecule has 2 N–H and O–H groups in total. The fourth-order valence-corrected chi connectivity index (χ4v) is 4.60. The highest BCUT2D eigenvalue weighted by atomic mass is 16.4. The van der Waals surface area contributed by atoms with Gasteiger partial charge in [0, 0.05) is 5.92 Å². The van der Waals surface area contributed by atoms with Crippen molar-refractivity contribution in [2.45, 2.75) is 18.4 Å². The minimum Gasteiger partial charge on any atom is -0.480 e. The van der Waals surface area contributed by atoms with Gasteiger partial charge < -0.3 is 10.4 Å². The molecule has 0 radical (unpaired) electrons. The lowest BCUT2D eigenvalue weighted by atomic mass is 9.89. The largest absolute Gasteiger partial charge is 0.480 e. The van der Waals surface area contributed by atoms with Gasteiger partial charge in [-0.2, -0.15) is 0 Å². The molecule has 0 spiro atoms. The van der Waals surface area contributed by atoms with Crippen LogP contribution in [0, 0.1) is 0 Å². The first kappa shape index (κ1) is 19.1. The van der Waals surface area contributed by atoms with Gasteiger partial charge in [-0.15, -0.1) is 0 Å². The molecule has 152 valence electrons. The summed E-state index contributed by atoms with van der Waals surface area (Å²) >= 11 is 0. The van der Waals surface area contributed by atoms with Gasteiger partial charge in [0.25, 0.3) is 0 Å². The molecule has 1 aliphatic rings. The molecule has 0 aromatic heterocycles. The lowest BCUT2D eigenvalue weighted by Crippen LogP contribution is -2.45. The van der Waals surface area contributed by atoms with E-state index >= 15 is 0 Å². The summed E-state index contributed by atoms with van der Waals surface area (Å²) in [6, 6.07) is 28.4. The third-order valence-corrected chi connectivity index (χ3v) is 5.98. The van der Waals surface area contributed by atoms with E-state index in [0.29, 0.717) is 0 Å². The molecule has 1 atom stereocenters. The number of carboxylic acid groups (broad SMARTS) is 1. The Morgan fingerprint density at radius 2 is 1.35 bits per heavy atom. The summed E-state index contributed by atoms with van der Waals surface area (Å²) in [4.78, 5) is 25.1. The molecule has 0 saturated carbocycles. The monoisotopic (exact) mass is 407 g/mol. The van der Waals surface area contributed by atoms with Crippen LogP contribution in [0.2, 0.25) is 0 Å². The Morgan fingerprint density at radius 3 is 2.00 bits per heavy atom. The molecule has 0 aliphatic heterocycles. The second-order valence-electron chi connectivity index (χ2n) is 7.89. The summed E-state index contributed by atoms with van der Waals surface area (Å²) in [6.45, 7) is 0. The molecule has 4 heteroatoms. The minimum atomic E-state index is -1.04. The number of carbonyl (C=O) groups excluding carboxylic acids is 1. The average molecular weight is 407 g/mol. The van der Waals surface area contributed by atoms with Gasteiger partial charge >= 0.3 is 5.97 Å². The fraction of sp³-hybridized carbons (Fsp3) is 0.111. The van der Waals surface area contributed by atoms with E-state index in [9.17, 15) is 14.7 Å². The first-order valence-corrected chi connectivity index (χ1v) is 10.3. The van der Waals surface area contributed by atoms with E-state index in [-0.39, 0.29) is 12.3 Å². The summed E-state index contributed by atoms with van der Waals surface area (Å²) in [5, 5.41) is 15.0. The number of nitrogens with one attached hydrogen (secondary N) is 1. The van der Waals surface area contributed by atoms with Crippen molar-refractivity contribution < 1.29 is 14.7 Å². The van der Waals surface area contributed by atoms with Crippen LogP contribution in [0.15, 0.2) is 91.0 Å². The van der Waals surface area contributed by atoms with Crippen LogP contribution >= 0.6 is 0 Å². The van der Waals surface area contributed by atoms with Crippen molar-refractivity contribution in [1.29, 1.82) is 0 Å². The van der Waals surface area contributed by atoms with Crippen LogP contribution < -0.4 is 5.32 Å². The third kappa shape index (κ3) is 3.46. The lowest BCUT2D eigenvalue weighted by molar-refractivity contribution is -0.142. The second kappa shape index (κ2) is 7.73. The Morgan fingerprint density at radius 1 is 0.774 bits per heavy atom. The van der Waals surface area contributed by atoms with Crippen molar-refractivity contribution in [3.63, 3.8) is 0 Å². The van der Waals surface area contributed by atoms with Crippen molar-refractivity contribution in [3.8, 4) is 11.1 Å². The maximum absolute atomic E-state index is 12.9. The number of hydrogen-bond donors (Lipinski definition) is 2. The zero-order chi connectivity index (χ0) is 21.4. The maximum Gasteiger partial charge on any atom is 0.327 e. The van der Waals surface area contributed by atoms with E-state index in [0.717, 1.165) is 38.6 Å². The molecule has 5 rings (SSSR count). The van der Waals surface area contributed by atoms with Crippen molar-refractivity contribution in [2.75, 3.05) is 0 Å². The molecule has 0 heterocycles. The van der Waals surface area contributed by atoms with Crippen LogP contribution in [0.25, 0.3) is 21.9 Å². The number of rotatable bonds is 5. The number of carbonyl (C=O) groups is 2. The molecule has 0 fully saturated rings. The highest BCUT2D eigenvalue weighted by Crippen LogP contribution is 2.46. The molecule has 1 aliphatic carbocycles. The van der Waals surface area contributed by atoms with E-state index in [4.69, 9.17) is 0 Å². The zero-order valence-electron chi connectivity index (χ0n) is 16.8. The first-order valence-electron chi connectivity index (χ1n) is 10.3. The normalized spacial score (nSPS) is 13.4. The van der Waals surface area contributed by atoms with E-state index < -0.39 is 17.9 Å². The summed E-state index contributed by atoms with van der Waals surface area (Å²) in [6.07, 6.45) is 0.130. The quantitative estimate of drug-likeness (QED) is 0.501. The molecule has 4 aromatic carbocycles. The highest BCUT2D eigenvalue weighted by molar-refractivity contribution is 5.90. The van der Waals surface area contributed by atoms with Crippen LogP contribution in [-0.2, 0) is 16.0 Å². The lowest BCUT2D eigenvalue weighted by Gasteiger charge is -2.23. The molecule has 31 heavy (non-hydrogen) atoms. The molecule has 0 saturated heterocycles. The zero-order valence-corrected chi connectivity index (χ0v) is 16.8. The van der Waals surface area contributed by atoms with E-state index in [1.165, 1.54) is 0 Å². The van der Waals surface area contributed by atoms with Gasteiger partial charge in [0.1, 0.15) is 6.04 Å². The summed E-state index contributed by atoms with van der Waals surface area (Å²) in [5.74, 6) is -1.77. The smallest absolute Gasteiger partial charge is 0.327 e. The van der Waals surface area contributed by atoms with Crippen LogP contribution in [-0.4, -0.2) is 23.0 Å². The first-order chi connectivity index (χ1) is 15.1. The minimum absolute atomic E-state index is 0.130. The average Bonchev–Trinajstić information content (AvgIpc) is 3.11. The Balaban J connectivity index is 1.44. The van der Waals surface area contributed by atoms with Gasteiger partial charge in [0.15, 0.2) is 0 Å². The number of fused-ring (bicyclic) bond motifs is 4. The third-order valence-electron chi connectivity index (χ3n) is 5.98. The number of aliphatic carboxylic acids is 1. The van der Waals surface area contributed by atoms with Crippen molar-refractivity contribution >= 4 is 22.6 Å². The van der Waals surface area contributed by atoms with Gasteiger partial charge in [-0.3, -0.25) is 4.79 Å². The van der Waals surface area contributed by atoms with Crippen LogP contribution in [0.5, 0.6) is 0 Å². The summed E-state index contributed by atoms with van der Waals surface area (Å²) in [7, 11) is 0. The molecular formula is C27H21NO3. The maximum atomic E-state index is 12.9. The Hall–Kier alpha value is -3.92. The highest BCUT2D eigenvalue weighted by Gasteiger charge is 2.38. The Kier molecular flexibility index (Phi) is 4.75. The molecule has 4 aromatic rings. The van der Waals surface area contributed by atoms with Gasteiger partial charge in [-0.25, -0.2) is 4.79 Å². The van der Waals surface area contributed by atoms with Crippen molar-refractivity contribution in [3.05, 3.63) is 108 Å². The van der Waals surface area contributed by atoms with Crippen LogP contribution in [0.4, 0.5) is 0 Å². The van der Waals surface area contributed by atoms with Crippen molar-refractivity contribution in [2.24, 2.45) is 0 Å². The van der Waals surface area contributed by atoms with Gasteiger partial charge in [-0.05, 0) is 38.6 Å². The van der Waals surface area contributed by atoms with Crippen LogP contribution in [0.3, 0.4) is 0 Å². The summed E-state index contributed by atoms with van der Waals surface area (Å²) in [5.41, 5.74) is 4.77. The van der Waals surface area contributed by atoms with Crippen molar-refractivity contribution in [1.82, 2.24) is 5.32 Å². The molecule has 0 bridgehead atoms. The number of amides is 1. The van der Waals surface area contributed by atoms with E-state index in [1.807, 2.05) is 91.0 Å². The number of benzene rings is 4. The Labute approximate surface area is 180 Å². The Bertz CT molecular complexity index is 1270. The summed E-state index contributed by atoms with van der Waals surface area (Å²) < 4.78 is 0. The topological polar surface area (TPSA) is 66.4 Å². The molecule has 4 nitrogen and oxygen atoms in total. The van der Waals surface area contributed by atoms with Gasteiger partial charge in [0.05, 0.1) is 6.42 Å². The molecule has 0 unspecified atom stereocenters. The second-order valence-corrected chi connectivity index (χ2v) is 7.89. The predicted octanol–water partition coefficient (Wildman–Crippen LogP) is 4.76. The van der Waals surface area contributed by atoms with Crippen LogP contribution in [0.1, 0.15) is 22.6 Å². The van der Waals surface area contributed by atoms with E-state index in [1.54, 1.807) is 0 Å².